The Morgan fingerprint density at radius 3 is 2.35 bits per heavy atom. The van der Waals surface area contributed by atoms with Crippen LogP contribution in [0.1, 0.15) is 16.8 Å². The molecule has 0 bridgehead atoms. The molecule has 0 fully saturated rings. The molecule has 0 amide bonds. The van der Waals surface area contributed by atoms with Gasteiger partial charge in [-0.3, -0.25) is 4.98 Å². The molecule has 0 atom stereocenters. The van der Waals surface area contributed by atoms with Gasteiger partial charge in [0.1, 0.15) is 0 Å². The lowest BCUT2D eigenvalue weighted by atomic mass is 10.0. The summed E-state index contributed by atoms with van der Waals surface area (Å²) in [5.74, 6) is 0. The Balaban J connectivity index is 1.72. The SMILES string of the molecule is Cc1ncc(-c2ccccc2)cc1CNCc1ccccc1Br. The van der Waals surface area contributed by atoms with Crippen molar-refractivity contribution in [3.63, 3.8) is 0 Å². The molecule has 0 saturated heterocycles. The van der Waals surface area contributed by atoms with Gasteiger partial charge in [-0.1, -0.05) is 64.5 Å². The lowest BCUT2D eigenvalue weighted by Gasteiger charge is -2.11. The van der Waals surface area contributed by atoms with Crippen molar-refractivity contribution in [3.05, 3.63) is 88.2 Å². The summed E-state index contributed by atoms with van der Waals surface area (Å²) >= 11 is 3.59. The molecule has 1 heterocycles. The molecule has 1 N–H and O–H groups in total. The van der Waals surface area contributed by atoms with Crippen molar-refractivity contribution in [2.75, 3.05) is 0 Å². The zero-order valence-corrected chi connectivity index (χ0v) is 14.7. The average Bonchev–Trinajstić information content (AvgIpc) is 2.59. The average molecular weight is 367 g/mol. The Kier molecular flexibility index (Phi) is 5.21. The van der Waals surface area contributed by atoms with Crippen molar-refractivity contribution in [3.8, 4) is 11.1 Å². The fraction of sp³-hybridized carbons (Fsp3) is 0.150. The first-order valence-electron chi connectivity index (χ1n) is 7.69. The number of hydrogen-bond donors (Lipinski definition) is 1. The quantitative estimate of drug-likeness (QED) is 0.678. The van der Waals surface area contributed by atoms with E-state index >= 15 is 0 Å². The summed E-state index contributed by atoms with van der Waals surface area (Å²) in [6.45, 7) is 3.70. The van der Waals surface area contributed by atoms with Gasteiger partial charge in [0, 0.05) is 35.0 Å². The molecule has 0 radical (unpaired) electrons. The summed E-state index contributed by atoms with van der Waals surface area (Å²) in [5.41, 5.74) is 5.93. The highest BCUT2D eigenvalue weighted by molar-refractivity contribution is 9.10. The molecule has 23 heavy (non-hydrogen) atoms. The number of nitrogens with zero attached hydrogens (tertiary/aromatic N) is 1. The van der Waals surface area contributed by atoms with E-state index in [4.69, 9.17) is 0 Å². The van der Waals surface area contributed by atoms with Crippen LogP contribution in [0.15, 0.2) is 71.3 Å². The molecular formula is C20H19BrN2. The monoisotopic (exact) mass is 366 g/mol. The fourth-order valence-corrected chi connectivity index (χ4v) is 2.94. The van der Waals surface area contributed by atoms with Gasteiger partial charge in [-0.15, -0.1) is 0 Å². The summed E-state index contributed by atoms with van der Waals surface area (Å²) in [4.78, 5) is 4.55. The Labute approximate surface area is 145 Å². The predicted octanol–water partition coefficient (Wildman–Crippen LogP) is 5.11. The maximum absolute atomic E-state index is 4.55. The molecule has 0 aliphatic carbocycles. The van der Waals surface area contributed by atoms with E-state index in [1.54, 1.807) is 0 Å². The second-order valence-electron chi connectivity index (χ2n) is 5.53. The van der Waals surface area contributed by atoms with Crippen molar-refractivity contribution in [2.45, 2.75) is 20.0 Å². The van der Waals surface area contributed by atoms with Crippen LogP contribution in [-0.4, -0.2) is 4.98 Å². The van der Waals surface area contributed by atoms with Crippen LogP contribution < -0.4 is 5.32 Å². The number of pyridine rings is 1. The van der Waals surface area contributed by atoms with Crippen LogP contribution in [0.4, 0.5) is 0 Å². The van der Waals surface area contributed by atoms with Gasteiger partial charge in [0.15, 0.2) is 0 Å². The van der Waals surface area contributed by atoms with Crippen LogP contribution in [0.25, 0.3) is 11.1 Å². The maximum atomic E-state index is 4.55. The molecule has 2 aromatic carbocycles. The topological polar surface area (TPSA) is 24.9 Å². The fourth-order valence-electron chi connectivity index (χ4n) is 2.52. The number of hydrogen-bond acceptors (Lipinski definition) is 2. The largest absolute Gasteiger partial charge is 0.309 e. The molecule has 0 spiro atoms. The summed E-state index contributed by atoms with van der Waals surface area (Å²) in [6, 6.07) is 20.9. The molecule has 0 unspecified atom stereocenters. The normalized spacial score (nSPS) is 10.7. The van der Waals surface area contributed by atoms with Gasteiger partial charge in [-0.05, 0) is 35.7 Å². The minimum absolute atomic E-state index is 0.806. The summed E-state index contributed by atoms with van der Waals surface area (Å²) < 4.78 is 1.14. The van der Waals surface area contributed by atoms with Gasteiger partial charge in [0.25, 0.3) is 0 Å². The van der Waals surface area contributed by atoms with Gasteiger partial charge >= 0.3 is 0 Å². The lowest BCUT2D eigenvalue weighted by molar-refractivity contribution is 0.686. The number of benzene rings is 2. The highest BCUT2D eigenvalue weighted by Gasteiger charge is 2.04. The molecule has 116 valence electrons. The molecule has 0 saturated carbocycles. The van der Waals surface area contributed by atoms with Crippen LogP contribution in [0.5, 0.6) is 0 Å². The van der Waals surface area contributed by atoms with Crippen LogP contribution in [0.3, 0.4) is 0 Å². The zero-order valence-electron chi connectivity index (χ0n) is 13.1. The Hall–Kier alpha value is -1.97. The molecule has 0 aliphatic heterocycles. The Morgan fingerprint density at radius 2 is 1.57 bits per heavy atom. The number of aryl methyl sites for hydroxylation is 1. The van der Waals surface area contributed by atoms with Gasteiger partial charge in [0.2, 0.25) is 0 Å². The Morgan fingerprint density at radius 1 is 0.870 bits per heavy atom. The van der Waals surface area contributed by atoms with Crippen molar-refractivity contribution in [1.29, 1.82) is 0 Å². The Bertz CT molecular complexity index is 785. The minimum atomic E-state index is 0.806. The third-order valence-corrected chi connectivity index (χ3v) is 4.66. The van der Waals surface area contributed by atoms with E-state index in [2.05, 4.69) is 81.7 Å². The number of halogens is 1. The standard InChI is InChI=1S/C20H19BrN2/c1-15-18(13-22-12-17-9-5-6-10-20(17)21)11-19(14-23-15)16-7-3-2-4-8-16/h2-11,14,22H,12-13H2,1H3. The van der Waals surface area contributed by atoms with Gasteiger partial charge in [-0.25, -0.2) is 0 Å². The smallest absolute Gasteiger partial charge is 0.0418 e. The summed E-state index contributed by atoms with van der Waals surface area (Å²) in [7, 11) is 0. The summed E-state index contributed by atoms with van der Waals surface area (Å²) in [6.07, 6.45) is 1.95. The van der Waals surface area contributed by atoms with Crippen LogP contribution >= 0.6 is 15.9 Å². The predicted molar refractivity (Wildman–Crippen MR) is 99.1 cm³/mol. The first-order valence-corrected chi connectivity index (χ1v) is 8.48. The van der Waals surface area contributed by atoms with Crippen molar-refractivity contribution < 1.29 is 0 Å². The van der Waals surface area contributed by atoms with Crippen LogP contribution in [-0.2, 0) is 13.1 Å². The van der Waals surface area contributed by atoms with Crippen molar-refractivity contribution in [1.82, 2.24) is 10.3 Å². The van der Waals surface area contributed by atoms with E-state index in [-0.39, 0.29) is 0 Å². The van der Waals surface area contributed by atoms with Gasteiger partial charge < -0.3 is 5.32 Å². The molecule has 3 rings (SSSR count). The molecular weight excluding hydrogens is 348 g/mol. The van der Waals surface area contributed by atoms with Gasteiger partial charge in [0.05, 0.1) is 0 Å². The van der Waals surface area contributed by atoms with Gasteiger partial charge in [-0.2, -0.15) is 0 Å². The van der Waals surface area contributed by atoms with E-state index in [1.165, 1.54) is 16.7 Å². The van der Waals surface area contributed by atoms with E-state index < -0.39 is 0 Å². The second kappa shape index (κ2) is 7.53. The van der Waals surface area contributed by atoms with E-state index in [1.807, 2.05) is 18.3 Å². The van der Waals surface area contributed by atoms with E-state index in [9.17, 15) is 0 Å². The van der Waals surface area contributed by atoms with Crippen molar-refractivity contribution >= 4 is 15.9 Å². The van der Waals surface area contributed by atoms with Crippen LogP contribution in [0, 0.1) is 6.92 Å². The molecule has 3 heteroatoms. The van der Waals surface area contributed by atoms with E-state index in [0.717, 1.165) is 28.8 Å². The molecule has 0 aliphatic rings. The highest BCUT2D eigenvalue weighted by Crippen LogP contribution is 2.21. The first-order chi connectivity index (χ1) is 11.2. The third-order valence-electron chi connectivity index (χ3n) is 3.89. The van der Waals surface area contributed by atoms with Crippen molar-refractivity contribution in [2.24, 2.45) is 0 Å². The van der Waals surface area contributed by atoms with E-state index in [0.29, 0.717) is 0 Å². The highest BCUT2D eigenvalue weighted by atomic mass is 79.9. The number of aromatic nitrogens is 1. The second-order valence-corrected chi connectivity index (χ2v) is 6.38. The molecule has 3 aromatic rings. The molecule has 1 aromatic heterocycles. The first kappa shape index (κ1) is 15.9. The maximum Gasteiger partial charge on any atom is 0.0418 e. The minimum Gasteiger partial charge on any atom is -0.309 e. The third kappa shape index (κ3) is 4.06. The zero-order chi connectivity index (χ0) is 16.1. The lowest BCUT2D eigenvalue weighted by Crippen LogP contribution is -2.14. The molecule has 2 nitrogen and oxygen atoms in total. The number of nitrogens with one attached hydrogen (secondary N) is 1. The van der Waals surface area contributed by atoms with Crippen LogP contribution in [0.2, 0.25) is 0 Å². The number of rotatable bonds is 5. The summed E-state index contributed by atoms with van der Waals surface area (Å²) in [5, 5.41) is 3.51.